The third kappa shape index (κ3) is 2.86. The van der Waals surface area contributed by atoms with Gasteiger partial charge in [-0.1, -0.05) is 50.4 Å². The van der Waals surface area contributed by atoms with Crippen LogP contribution in [0.3, 0.4) is 0 Å². The molecule has 4 heteroatoms. The minimum absolute atomic E-state index is 0.114. The van der Waals surface area contributed by atoms with Crippen LogP contribution in [-0.4, -0.2) is 23.5 Å². The van der Waals surface area contributed by atoms with Crippen LogP contribution in [0, 0.1) is 0 Å². The maximum atomic E-state index is 6.16. The van der Waals surface area contributed by atoms with Crippen molar-refractivity contribution >= 4 is 11.6 Å². The molecule has 1 atom stereocenters. The fourth-order valence-corrected chi connectivity index (χ4v) is 4.07. The average molecular weight is 296 g/mol. The Labute approximate surface area is 127 Å². The number of likely N-dealkylation sites (N-methyl/N-ethyl adjacent to an activating group) is 1. The highest BCUT2D eigenvalue weighted by Gasteiger charge is 2.45. The maximum Gasteiger partial charge on any atom is 0.0644 e. The second-order valence-corrected chi connectivity index (χ2v) is 6.07. The van der Waals surface area contributed by atoms with Crippen molar-refractivity contribution in [2.24, 2.45) is 5.84 Å². The molecule has 0 bridgehead atoms. The number of nitrogens with two attached hydrogens (primary N) is 1. The van der Waals surface area contributed by atoms with Crippen molar-refractivity contribution < 1.29 is 0 Å². The van der Waals surface area contributed by atoms with Crippen molar-refractivity contribution in [1.29, 1.82) is 0 Å². The summed E-state index contributed by atoms with van der Waals surface area (Å²) in [5.41, 5.74) is 4.38. The molecule has 1 unspecified atom stereocenters. The molecule has 1 aromatic rings. The van der Waals surface area contributed by atoms with Crippen LogP contribution < -0.4 is 11.3 Å². The zero-order chi connectivity index (χ0) is 14.6. The summed E-state index contributed by atoms with van der Waals surface area (Å²) in [4.78, 5) is 2.56. The highest BCUT2D eigenvalue weighted by molar-refractivity contribution is 6.30. The van der Waals surface area contributed by atoms with Crippen molar-refractivity contribution in [3.63, 3.8) is 0 Å². The summed E-state index contributed by atoms with van der Waals surface area (Å²) in [6, 6.07) is 8.21. The third-order valence-corrected chi connectivity index (χ3v) is 4.98. The van der Waals surface area contributed by atoms with Crippen molar-refractivity contribution in [2.75, 3.05) is 13.1 Å². The first-order valence-corrected chi connectivity index (χ1v) is 8.02. The number of hydrazine groups is 1. The second kappa shape index (κ2) is 6.90. The molecule has 3 nitrogen and oxygen atoms in total. The molecule has 1 aliphatic carbocycles. The van der Waals surface area contributed by atoms with Crippen LogP contribution in [0.1, 0.15) is 51.1 Å². The fourth-order valence-electron chi connectivity index (χ4n) is 3.88. The van der Waals surface area contributed by atoms with E-state index in [-0.39, 0.29) is 11.6 Å². The summed E-state index contributed by atoms with van der Waals surface area (Å²) in [5, 5.41) is 0.774. The zero-order valence-corrected chi connectivity index (χ0v) is 13.3. The Hall–Kier alpha value is -0.610. The van der Waals surface area contributed by atoms with Gasteiger partial charge in [0.15, 0.2) is 0 Å². The summed E-state index contributed by atoms with van der Waals surface area (Å²) in [7, 11) is 0. The van der Waals surface area contributed by atoms with Gasteiger partial charge in [0.2, 0.25) is 0 Å². The van der Waals surface area contributed by atoms with Gasteiger partial charge < -0.3 is 0 Å². The van der Waals surface area contributed by atoms with E-state index in [0.717, 1.165) is 18.1 Å². The molecule has 0 heterocycles. The minimum Gasteiger partial charge on any atom is -0.296 e. The summed E-state index contributed by atoms with van der Waals surface area (Å²) in [6.07, 6.45) is 4.93. The summed E-state index contributed by atoms with van der Waals surface area (Å²) in [5.74, 6) is 5.95. The Morgan fingerprint density at radius 2 is 1.95 bits per heavy atom. The fraction of sp³-hybridized carbons (Fsp3) is 0.625. The molecule has 2 rings (SSSR count). The van der Waals surface area contributed by atoms with E-state index in [4.69, 9.17) is 17.4 Å². The quantitative estimate of drug-likeness (QED) is 0.623. The highest BCUT2D eigenvalue weighted by Crippen LogP contribution is 2.44. The molecular weight excluding hydrogens is 270 g/mol. The third-order valence-electron chi connectivity index (χ3n) is 4.75. The normalized spacial score (nSPS) is 19.4. The van der Waals surface area contributed by atoms with Gasteiger partial charge in [0, 0.05) is 10.6 Å². The van der Waals surface area contributed by atoms with Gasteiger partial charge in [0.25, 0.3) is 0 Å². The van der Waals surface area contributed by atoms with Crippen LogP contribution in [0.25, 0.3) is 0 Å². The van der Waals surface area contributed by atoms with E-state index in [0.29, 0.717) is 0 Å². The van der Waals surface area contributed by atoms with Crippen LogP contribution in [-0.2, 0) is 0 Å². The first-order valence-electron chi connectivity index (χ1n) is 7.64. The van der Waals surface area contributed by atoms with Crippen LogP contribution >= 0.6 is 11.6 Å². The van der Waals surface area contributed by atoms with Crippen LogP contribution in [0.5, 0.6) is 0 Å². The lowest BCUT2D eigenvalue weighted by molar-refractivity contribution is 0.0626. The van der Waals surface area contributed by atoms with Gasteiger partial charge in [-0.25, -0.2) is 0 Å². The van der Waals surface area contributed by atoms with Crippen LogP contribution in [0.15, 0.2) is 24.3 Å². The molecule has 1 aliphatic rings. The number of hydrogen-bond donors (Lipinski definition) is 2. The van der Waals surface area contributed by atoms with Gasteiger partial charge in [0.05, 0.1) is 6.04 Å². The van der Waals surface area contributed by atoms with E-state index in [1.54, 1.807) is 0 Å². The largest absolute Gasteiger partial charge is 0.296 e. The van der Waals surface area contributed by atoms with Crippen molar-refractivity contribution in [3.8, 4) is 0 Å². The number of nitrogens with one attached hydrogen (secondary N) is 1. The standard InChI is InChI=1S/C16H26ClN3/c1-3-20(4-2)16(10-5-6-11-16)15(19-18)13-8-7-9-14(17)12-13/h7-9,12,15,19H,3-6,10-11,18H2,1-2H3. The predicted octanol–water partition coefficient (Wildman–Crippen LogP) is 3.50. The van der Waals surface area contributed by atoms with E-state index in [2.05, 4.69) is 30.2 Å². The molecule has 0 aliphatic heterocycles. The Bertz CT molecular complexity index is 425. The van der Waals surface area contributed by atoms with Crippen molar-refractivity contribution in [1.82, 2.24) is 10.3 Å². The number of halogens is 1. The molecule has 1 fully saturated rings. The van der Waals surface area contributed by atoms with Gasteiger partial charge in [0.1, 0.15) is 0 Å². The topological polar surface area (TPSA) is 41.3 Å². The van der Waals surface area contributed by atoms with Gasteiger partial charge in [-0.2, -0.15) is 0 Å². The van der Waals surface area contributed by atoms with Gasteiger partial charge in [-0.15, -0.1) is 0 Å². The SMILES string of the molecule is CCN(CC)C1(C(NN)c2cccc(Cl)c2)CCCC1. The minimum atomic E-state index is 0.114. The zero-order valence-electron chi connectivity index (χ0n) is 12.5. The molecule has 0 aromatic heterocycles. The number of rotatable bonds is 6. The maximum absolute atomic E-state index is 6.16. The lowest BCUT2D eigenvalue weighted by Crippen LogP contribution is -2.56. The number of nitrogens with zero attached hydrogens (tertiary/aromatic N) is 1. The van der Waals surface area contributed by atoms with Gasteiger partial charge in [-0.3, -0.25) is 16.2 Å². The molecule has 20 heavy (non-hydrogen) atoms. The molecule has 0 spiro atoms. The van der Waals surface area contributed by atoms with E-state index in [9.17, 15) is 0 Å². The van der Waals surface area contributed by atoms with Crippen LogP contribution in [0.4, 0.5) is 0 Å². The Morgan fingerprint density at radius 3 is 2.45 bits per heavy atom. The molecule has 1 saturated carbocycles. The smallest absolute Gasteiger partial charge is 0.0644 e. The summed E-state index contributed by atoms with van der Waals surface area (Å²) >= 11 is 6.16. The molecule has 0 amide bonds. The second-order valence-electron chi connectivity index (χ2n) is 5.64. The summed E-state index contributed by atoms with van der Waals surface area (Å²) in [6.45, 7) is 6.56. The van der Waals surface area contributed by atoms with E-state index in [1.165, 1.54) is 31.2 Å². The molecule has 3 N–H and O–H groups in total. The van der Waals surface area contributed by atoms with Crippen molar-refractivity contribution in [3.05, 3.63) is 34.9 Å². The molecule has 0 radical (unpaired) electrons. The van der Waals surface area contributed by atoms with E-state index < -0.39 is 0 Å². The average Bonchev–Trinajstić information content (AvgIpc) is 2.91. The lowest BCUT2D eigenvalue weighted by Gasteiger charge is -2.46. The first kappa shape index (κ1) is 15.8. The molecular formula is C16H26ClN3. The van der Waals surface area contributed by atoms with Gasteiger partial charge in [-0.05, 0) is 43.6 Å². The number of benzene rings is 1. The lowest BCUT2D eigenvalue weighted by atomic mass is 9.82. The predicted molar refractivity (Wildman–Crippen MR) is 85.6 cm³/mol. The summed E-state index contributed by atoms with van der Waals surface area (Å²) < 4.78 is 0. The number of hydrogen-bond acceptors (Lipinski definition) is 3. The highest BCUT2D eigenvalue weighted by atomic mass is 35.5. The first-order chi connectivity index (χ1) is 9.67. The van der Waals surface area contributed by atoms with Crippen LogP contribution in [0.2, 0.25) is 5.02 Å². The van der Waals surface area contributed by atoms with E-state index in [1.807, 2.05) is 18.2 Å². The molecule has 1 aromatic carbocycles. The Kier molecular flexibility index (Phi) is 5.44. The Balaban J connectivity index is 2.40. The molecule has 0 saturated heterocycles. The van der Waals surface area contributed by atoms with Crippen molar-refractivity contribution in [2.45, 2.75) is 51.1 Å². The Morgan fingerprint density at radius 1 is 1.30 bits per heavy atom. The molecule has 112 valence electrons. The monoisotopic (exact) mass is 295 g/mol. The van der Waals surface area contributed by atoms with E-state index >= 15 is 0 Å². The van der Waals surface area contributed by atoms with Gasteiger partial charge >= 0.3 is 0 Å².